The van der Waals surface area contributed by atoms with Crippen molar-refractivity contribution >= 4 is 11.7 Å². The summed E-state index contributed by atoms with van der Waals surface area (Å²) in [5.41, 5.74) is 11.2. The van der Waals surface area contributed by atoms with Crippen LogP contribution < -0.4 is 25.4 Å². The van der Waals surface area contributed by atoms with Gasteiger partial charge in [0.1, 0.15) is 0 Å². The second kappa shape index (κ2) is 9.31. The van der Waals surface area contributed by atoms with Crippen molar-refractivity contribution in [2.45, 2.75) is 13.5 Å². The van der Waals surface area contributed by atoms with Crippen molar-refractivity contribution < 1.29 is 14.2 Å². The van der Waals surface area contributed by atoms with Crippen molar-refractivity contribution in [2.24, 2.45) is 15.8 Å². The van der Waals surface area contributed by atoms with E-state index in [9.17, 15) is 0 Å². The minimum absolute atomic E-state index is 0.237. The van der Waals surface area contributed by atoms with Gasteiger partial charge in [0.25, 0.3) is 0 Å². The number of hydrogen-bond donors (Lipinski definition) is 2. The van der Waals surface area contributed by atoms with Crippen molar-refractivity contribution in [1.82, 2.24) is 5.43 Å². The first-order valence-electron chi connectivity index (χ1n) is 8.03. The molecule has 138 valence electrons. The summed E-state index contributed by atoms with van der Waals surface area (Å²) in [5.74, 6) is 1.88. The smallest absolute Gasteiger partial charge is 0.209 e. The van der Waals surface area contributed by atoms with E-state index in [1.165, 1.54) is 0 Å². The summed E-state index contributed by atoms with van der Waals surface area (Å²) in [6.45, 7) is 2.33. The van der Waals surface area contributed by atoms with Gasteiger partial charge in [0.05, 0.1) is 33.6 Å². The van der Waals surface area contributed by atoms with Gasteiger partial charge in [0.15, 0.2) is 11.5 Å². The first kappa shape index (κ1) is 19.1. The van der Waals surface area contributed by atoms with Crippen LogP contribution >= 0.6 is 0 Å². The quantitative estimate of drug-likeness (QED) is 0.452. The third-order valence-electron chi connectivity index (χ3n) is 3.70. The second-order valence-electron chi connectivity index (χ2n) is 5.41. The molecule has 0 saturated carbocycles. The molecule has 7 heteroatoms. The zero-order chi connectivity index (χ0) is 18.9. The van der Waals surface area contributed by atoms with Gasteiger partial charge in [-0.25, -0.2) is 10.4 Å². The summed E-state index contributed by atoms with van der Waals surface area (Å²) in [7, 11) is 4.70. The largest absolute Gasteiger partial charge is 0.493 e. The van der Waals surface area contributed by atoms with Crippen LogP contribution in [0.1, 0.15) is 18.1 Å². The van der Waals surface area contributed by atoms with E-state index in [-0.39, 0.29) is 5.96 Å². The van der Waals surface area contributed by atoms with Gasteiger partial charge in [-0.05, 0) is 24.6 Å². The minimum atomic E-state index is 0.237. The molecule has 3 N–H and O–H groups in total. The van der Waals surface area contributed by atoms with Gasteiger partial charge in [0, 0.05) is 5.56 Å². The molecule has 2 aromatic carbocycles. The van der Waals surface area contributed by atoms with Crippen LogP contribution in [0.25, 0.3) is 0 Å². The Morgan fingerprint density at radius 1 is 1.00 bits per heavy atom. The summed E-state index contributed by atoms with van der Waals surface area (Å²) < 4.78 is 16.0. The normalized spacial score (nSPS) is 11.8. The maximum absolute atomic E-state index is 5.87. The molecule has 26 heavy (non-hydrogen) atoms. The number of methoxy groups -OCH3 is 3. The Morgan fingerprint density at radius 3 is 2.15 bits per heavy atom. The number of nitrogens with two attached hydrogens (primary N) is 1. The third kappa shape index (κ3) is 4.89. The van der Waals surface area contributed by atoms with Crippen LogP contribution in [0.3, 0.4) is 0 Å². The molecular formula is C19H24N4O3. The molecule has 2 rings (SSSR count). The van der Waals surface area contributed by atoms with E-state index in [2.05, 4.69) is 15.5 Å². The van der Waals surface area contributed by atoms with Crippen molar-refractivity contribution in [2.75, 3.05) is 21.3 Å². The predicted molar refractivity (Wildman–Crippen MR) is 103 cm³/mol. The molecule has 0 bridgehead atoms. The third-order valence-corrected chi connectivity index (χ3v) is 3.70. The summed E-state index contributed by atoms with van der Waals surface area (Å²) in [6, 6.07) is 13.5. The maximum Gasteiger partial charge on any atom is 0.209 e. The SMILES string of the molecule is COc1cc(/C(C)=N/NC(N)=NCc2ccccc2)cc(OC)c1OC. The molecule has 0 heterocycles. The molecule has 0 aliphatic heterocycles. The van der Waals surface area contributed by atoms with Crippen LogP contribution in [0.15, 0.2) is 52.6 Å². The zero-order valence-corrected chi connectivity index (χ0v) is 15.4. The molecule has 2 aromatic rings. The molecule has 0 aliphatic carbocycles. The van der Waals surface area contributed by atoms with Gasteiger partial charge in [-0.1, -0.05) is 30.3 Å². The standard InChI is InChI=1S/C19H24N4O3/c1-13(15-10-16(24-2)18(26-4)17(11-15)25-3)22-23-19(20)21-12-14-8-6-5-7-9-14/h5-11H,12H2,1-4H3,(H3,20,21,23)/b22-13+. The van der Waals surface area contributed by atoms with Gasteiger partial charge >= 0.3 is 0 Å². The number of rotatable bonds is 7. The molecule has 0 atom stereocenters. The Bertz CT molecular complexity index is 764. The highest BCUT2D eigenvalue weighted by molar-refractivity contribution is 6.00. The molecule has 0 spiro atoms. The van der Waals surface area contributed by atoms with Gasteiger partial charge in [0.2, 0.25) is 11.7 Å². The molecule has 0 unspecified atom stereocenters. The number of ether oxygens (including phenoxy) is 3. The summed E-state index contributed by atoms with van der Waals surface area (Å²) >= 11 is 0. The summed E-state index contributed by atoms with van der Waals surface area (Å²) in [5, 5.41) is 4.27. The highest BCUT2D eigenvalue weighted by atomic mass is 16.5. The van der Waals surface area contributed by atoms with E-state index in [0.29, 0.717) is 29.5 Å². The monoisotopic (exact) mass is 356 g/mol. The van der Waals surface area contributed by atoms with E-state index in [1.54, 1.807) is 21.3 Å². The second-order valence-corrected chi connectivity index (χ2v) is 5.41. The number of hydrazone groups is 1. The van der Waals surface area contributed by atoms with Gasteiger partial charge < -0.3 is 19.9 Å². The molecule has 0 amide bonds. The fourth-order valence-electron chi connectivity index (χ4n) is 2.29. The van der Waals surface area contributed by atoms with Crippen molar-refractivity contribution in [3.63, 3.8) is 0 Å². The zero-order valence-electron chi connectivity index (χ0n) is 15.4. The van der Waals surface area contributed by atoms with Crippen molar-refractivity contribution in [1.29, 1.82) is 0 Å². The highest BCUT2D eigenvalue weighted by Gasteiger charge is 2.14. The number of benzene rings is 2. The number of guanidine groups is 1. The molecule has 0 aromatic heterocycles. The van der Waals surface area contributed by atoms with Crippen LogP contribution in [0.4, 0.5) is 0 Å². The van der Waals surface area contributed by atoms with E-state index < -0.39 is 0 Å². The minimum Gasteiger partial charge on any atom is -0.493 e. The van der Waals surface area contributed by atoms with Gasteiger partial charge in [-0.2, -0.15) is 5.10 Å². The van der Waals surface area contributed by atoms with Crippen molar-refractivity contribution in [3.8, 4) is 17.2 Å². The number of aliphatic imine (C=N–C) groups is 1. The number of nitrogens with one attached hydrogen (secondary N) is 1. The lowest BCUT2D eigenvalue weighted by atomic mass is 10.1. The topological polar surface area (TPSA) is 90.5 Å². The number of nitrogens with zero attached hydrogens (tertiary/aromatic N) is 2. The Hall–Kier alpha value is -3.22. The highest BCUT2D eigenvalue weighted by Crippen LogP contribution is 2.38. The molecule has 0 fully saturated rings. The van der Waals surface area contributed by atoms with Crippen LogP contribution in [0, 0.1) is 0 Å². The summed E-state index contributed by atoms with van der Waals surface area (Å²) in [6.07, 6.45) is 0. The Morgan fingerprint density at radius 2 is 1.62 bits per heavy atom. The van der Waals surface area contributed by atoms with Crippen molar-refractivity contribution in [3.05, 3.63) is 53.6 Å². The van der Waals surface area contributed by atoms with E-state index in [0.717, 1.165) is 11.1 Å². The van der Waals surface area contributed by atoms with E-state index in [1.807, 2.05) is 49.4 Å². The number of hydrogen-bond acceptors (Lipinski definition) is 5. The fourth-order valence-corrected chi connectivity index (χ4v) is 2.29. The molecular weight excluding hydrogens is 332 g/mol. The van der Waals surface area contributed by atoms with E-state index >= 15 is 0 Å². The van der Waals surface area contributed by atoms with Crippen LogP contribution in [-0.4, -0.2) is 33.0 Å². The molecule has 7 nitrogen and oxygen atoms in total. The summed E-state index contributed by atoms with van der Waals surface area (Å²) in [4.78, 5) is 4.26. The van der Waals surface area contributed by atoms with Crippen LogP contribution in [0.5, 0.6) is 17.2 Å². The average molecular weight is 356 g/mol. The Kier molecular flexibility index (Phi) is 6.84. The lowest BCUT2D eigenvalue weighted by molar-refractivity contribution is 0.324. The average Bonchev–Trinajstić information content (AvgIpc) is 2.69. The van der Waals surface area contributed by atoms with Crippen LogP contribution in [-0.2, 0) is 6.54 Å². The maximum atomic E-state index is 5.87. The van der Waals surface area contributed by atoms with Crippen LogP contribution in [0.2, 0.25) is 0 Å². The molecule has 0 aliphatic rings. The van der Waals surface area contributed by atoms with Gasteiger partial charge in [-0.15, -0.1) is 0 Å². The Labute approximate surface area is 153 Å². The lowest BCUT2D eigenvalue weighted by Crippen LogP contribution is -2.28. The van der Waals surface area contributed by atoms with Gasteiger partial charge in [-0.3, -0.25) is 0 Å². The molecule has 0 saturated heterocycles. The predicted octanol–water partition coefficient (Wildman–Crippen LogP) is 2.54. The fraction of sp³-hybridized carbons (Fsp3) is 0.263. The lowest BCUT2D eigenvalue weighted by Gasteiger charge is -2.14. The first-order chi connectivity index (χ1) is 12.6. The van der Waals surface area contributed by atoms with E-state index in [4.69, 9.17) is 19.9 Å². The first-order valence-corrected chi connectivity index (χ1v) is 8.03. The Balaban J connectivity index is 2.13. The molecule has 0 radical (unpaired) electrons.